The van der Waals surface area contributed by atoms with Gasteiger partial charge in [-0.15, -0.1) is 0 Å². The smallest absolute Gasteiger partial charge is 0.235 e. The number of benzene rings is 1. The van der Waals surface area contributed by atoms with Crippen molar-refractivity contribution >= 4 is 0 Å². The third-order valence-electron chi connectivity index (χ3n) is 3.62. The monoisotopic (exact) mass is 292 g/mol. The van der Waals surface area contributed by atoms with Gasteiger partial charge in [-0.3, -0.25) is 0 Å². The van der Waals surface area contributed by atoms with Gasteiger partial charge in [0.05, 0.1) is 13.3 Å². The van der Waals surface area contributed by atoms with Crippen LogP contribution in [0.5, 0.6) is 11.5 Å². The van der Waals surface area contributed by atoms with Crippen molar-refractivity contribution in [2.24, 2.45) is 5.92 Å². The van der Waals surface area contributed by atoms with Crippen LogP contribution in [0, 0.1) is 11.7 Å². The summed E-state index contributed by atoms with van der Waals surface area (Å²) in [5, 5.41) is 3.27. The van der Waals surface area contributed by atoms with Crippen molar-refractivity contribution in [3.05, 3.63) is 42.4 Å². The number of para-hydroxylation sites is 1. The molecule has 1 aliphatic heterocycles. The Hall–Kier alpha value is -2.08. The molecule has 2 aromatic rings. The Labute approximate surface area is 122 Å². The van der Waals surface area contributed by atoms with E-state index in [9.17, 15) is 4.39 Å². The van der Waals surface area contributed by atoms with Crippen LogP contribution >= 0.6 is 0 Å². The molecule has 1 aromatic carbocycles. The van der Waals surface area contributed by atoms with E-state index < -0.39 is 11.9 Å². The van der Waals surface area contributed by atoms with Crippen LogP contribution in [0.1, 0.15) is 18.4 Å². The fraction of sp³-hybridized carbons (Fsp3) is 0.400. The van der Waals surface area contributed by atoms with Crippen LogP contribution in [-0.4, -0.2) is 25.2 Å². The first-order valence-electron chi connectivity index (χ1n) is 6.89. The molecule has 1 aromatic heterocycles. The van der Waals surface area contributed by atoms with Gasteiger partial charge in [0, 0.05) is 12.5 Å². The van der Waals surface area contributed by atoms with Gasteiger partial charge in [-0.1, -0.05) is 6.07 Å². The molecule has 6 heteroatoms. The number of hydrogen-bond acceptors (Lipinski definition) is 5. The average Bonchev–Trinajstić information content (AvgIpc) is 3.19. The summed E-state index contributed by atoms with van der Waals surface area (Å²) in [4.78, 5) is 4.16. The van der Waals surface area contributed by atoms with Gasteiger partial charge in [-0.25, -0.2) is 9.37 Å². The Morgan fingerprint density at radius 2 is 2.38 bits per heavy atom. The van der Waals surface area contributed by atoms with Crippen molar-refractivity contribution in [3.63, 3.8) is 0 Å². The molecular formula is C15H17FN2O3. The van der Waals surface area contributed by atoms with Crippen LogP contribution in [0.15, 0.2) is 35.1 Å². The maximum Gasteiger partial charge on any atom is 0.235 e. The number of halogens is 1. The zero-order valence-electron chi connectivity index (χ0n) is 11.7. The number of rotatable bonds is 5. The van der Waals surface area contributed by atoms with Crippen molar-refractivity contribution in [2.45, 2.75) is 12.5 Å². The van der Waals surface area contributed by atoms with Gasteiger partial charge >= 0.3 is 0 Å². The Morgan fingerprint density at radius 1 is 1.48 bits per heavy atom. The van der Waals surface area contributed by atoms with Crippen molar-refractivity contribution in [1.29, 1.82) is 0 Å². The molecule has 1 fully saturated rings. The molecule has 2 heterocycles. The first kappa shape index (κ1) is 13.9. The lowest BCUT2D eigenvalue weighted by atomic mass is 10.0. The number of aromatic nitrogens is 1. The largest absolute Gasteiger partial charge is 0.493 e. The summed E-state index contributed by atoms with van der Waals surface area (Å²) in [6.45, 7) is 1.68. The molecule has 0 aliphatic carbocycles. The van der Waals surface area contributed by atoms with Crippen molar-refractivity contribution in [2.75, 3.05) is 20.2 Å². The van der Waals surface area contributed by atoms with E-state index in [-0.39, 0.29) is 11.7 Å². The molecule has 0 amide bonds. The highest BCUT2D eigenvalue weighted by molar-refractivity contribution is 5.41. The van der Waals surface area contributed by atoms with Crippen LogP contribution in [0.3, 0.4) is 0 Å². The lowest BCUT2D eigenvalue weighted by Crippen LogP contribution is -2.22. The zero-order chi connectivity index (χ0) is 14.7. The molecule has 0 spiro atoms. The molecule has 21 heavy (non-hydrogen) atoms. The van der Waals surface area contributed by atoms with Crippen molar-refractivity contribution in [3.8, 4) is 11.5 Å². The molecule has 1 N–H and O–H groups in total. The van der Waals surface area contributed by atoms with E-state index in [0.717, 1.165) is 19.5 Å². The molecule has 112 valence electrons. The Kier molecular flexibility index (Phi) is 4.06. The number of hydrogen-bond donors (Lipinski definition) is 1. The van der Waals surface area contributed by atoms with E-state index in [1.54, 1.807) is 18.3 Å². The van der Waals surface area contributed by atoms with Gasteiger partial charge in [0.2, 0.25) is 5.89 Å². The second-order valence-corrected chi connectivity index (χ2v) is 4.93. The zero-order valence-corrected chi connectivity index (χ0v) is 11.7. The highest BCUT2D eigenvalue weighted by Crippen LogP contribution is 2.37. The second kappa shape index (κ2) is 6.13. The predicted octanol–water partition coefficient (Wildman–Crippen LogP) is 2.55. The summed E-state index contributed by atoms with van der Waals surface area (Å²) in [6, 6.07) is 4.59. The van der Waals surface area contributed by atoms with Gasteiger partial charge in [0.15, 0.2) is 23.4 Å². The normalized spacial score (nSPS) is 19.4. The van der Waals surface area contributed by atoms with Gasteiger partial charge < -0.3 is 19.2 Å². The number of oxazole rings is 1. The quantitative estimate of drug-likeness (QED) is 0.918. The minimum Gasteiger partial charge on any atom is -0.493 e. The molecule has 1 saturated heterocycles. The first-order chi connectivity index (χ1) is 10.3. The standard InChI is InChI=1S/C15H17FN2O3/c1-19-12-4-2-3-11(16)14(12)21-13(10-5-6-17-9-10)15-18-7-8-20-15/h2-4,7-8,10,13,17H,5-6,9H2,1H3/t10-,13+/m1/s1. The summed E-state index contributed by atoms with van der Waals surface area (Å²) in [5.74, 6) is 0.617. The minimum absolute atomic E-state index is 0.0927. The Balaban J connectivity index is 1.91. The molecule has 1 aliphatic rings. The van der Waals surface area contributed by atoms with Crippen LogP contribution in [0.2, 0.25) is 0 Å². The summed E-state index contributed by atoms with van der Waals surface area (Å²) < 4.78 is 30.5. The molecule has 0 unspecified atom stereocenters. The Morgan fingerprint density at radius 3 is 3.05 bits per heavy atom. The average molecular weight is 292 g/mol. The topological polar surface area (TPSA) is 56.5 Å². The van der Waals surface area contributed by atoms with Gasteiger partial charge in [-0.05, 0) is 25.1 Å². The maximum absolute atomic E-state index is 14.1. The van der Waals surface area contributed by atoms with Crippen molar-refractivity contribution < 1.29 is 18.3 Å². The number of ether oxygens (including phenoxy) is 2. The van der Waals surface area contributed by atoms with Crippen molar-refractivity contribution in [1.82, 2.24) is 10.3 Å². The third-order valence-corrected chi connectivity index (χ3v) is 3.62. The minimum atomic E-state index is -0.461. The van der Waals surface area contributed by atoms with E-state index in [0.29, 0.717) is 11.6 Å². The Bertz CT molecular complexity index is 583. The summed E-state index contributed by atoms with van der Waals surface area (Å²) in [7, 11) is 1.49. The second-order valence-electron chi connectivity index (χ2n) is 4.93. The first-order valence-corrected chi connectivity index (χ1v) is 6.89. The summed E-state index contributed by atoms with van der Waals surface area (Å²) >= 11 is 0. The molecule has 2 atom stereocenters. The molecule has 3 rings (SSSR count). The highest BCUT2D eigenvalue weighted by atomic mass is 19.1. The predicted molar refractivity (Wildman–Crippen MR) is 73.8 cm³/mol. The maximum atomic E-state index is 14.1. The molecular weight excluding hydrogens is 275 g/mol. The molecule has 5 nitrogen and oxygen atoms in total. The van der Waals surface area contributed by atoms with Gasteiger partial charge in [0.1, 0.15) is 6.26 Å². The fourth-order valence-electron chi connectivity index (χ4n) is 2.55. The van der Waals surface area contributed by atoms with Gasteiger partial charge in [-0.2, -0.15) is 0 Å². The third kappa shape index (κ3) is 2.85. The van der Waals surface area contributed by atoms with Crippen LogP contribution < -0.4 is 14.8 Å². The van der Waals surface area contributed by atoms with Gasteiger partial charge in [0.25, 0.3) is 0 Å². The lowest BCUT2D eigenvalue weighted by molar-refractivity contribution is 0.105. The SMILES string of the molecule is COc1cccc(F)c1O[C@H](c1ncco1)[C@@H]1CCNC1. The number of nitrogens with zero attached hydrogens (tertiary/aromatic N) is 1. The molecule has 0 bridgehead atoms. The van der Waals surface area contributed by atoms with E-state index >= 15 is 0 Å². The van der Waals surface area contributed by atoms with E-state index in [2.05, 4.69) is 10.3 Å². The molecule has 0 saturated carbocycles. The summed E-state index contributed by atoms with van der Waals surface area (Å²) in [6.07, 6.45) is 3.53. The number of methoxy groups -OCH3 is 1. The van der Waals surface area contributed by atoms with Crippen LogP contribution in [-0.2, 0) is 0 Å². The van der Waals surface area contributed by atoms with E-state index in [1.807, 2.05) is 0 Å². The lowest BCUT2D eigenvalue weighted by Gasteiger charge is -2.22. The summed E-state index contributed by atoms with van der Waals surface area (Å²) in [5.41, 5.74) is 0. The highest BCUT2D eigenvalue weighted by Gasteiger charge is 2.32. The van der Waals surface area contributed by atoms with Crippen LogP contribution in [0.25, 0.3) is 0 Å². The van der Waals surface area contributed by atoms with Crippen LogP contribution in [0.4, 0.5) is 4.39 Å². The molecule has 0 radical (unpaired) electrons. The number of nitrogens with one attached hydrogen (secondary N) is 1. The van der Waals surface area contributed by atoms with E-state index in [4.69, 9.17) is 13.9 Å². The van der Waals surface area contributed by atoms with E-state index in [1.165, 1.54) is 19.4 Å². The fourth-order valence-corrected chi connectivity index (χ4v) is 2.55.